The Kier molecular flexibility index (Phi) is 9.42. The summed E-state index contributed by atoms with van der Waals surface area (Å²) in [5, 5.41) is 8.44. The Balaban J connectivity index is 0.000000257. The molecule has 0 aliphatic rings. The van der Waals surface area contributed by atoms with Crippen molar-refractivity contribution in [3.63, 3.8) is 0 Å². The van der Waals surface area contributed by atoms with Gasteiger partial charge < -0.3 is 0 Å². The summed E-state index contributed by atoms with van der Waals surface area (Å²) in [4.78, 5) is 0. The van der Waals surface area contributed by atoms with Crippen molar-refractivity contribution in [2.75, 3.05) is 0 Å². The number of nitriles is 1. The topological polar surface area (TPSA) is 23.8 Å². The molecule has 0 saturated carbocycles. The molecule has 166 valence electrons. The van der Waals surface area contributed by atoms with E-state index in [-0.39, 0.29) is 0 Å². The Morgan fingerprint density at radius 2 is 1.09 bits per heavy atom. The van der Waals surface area contributed by atoms with Gasteiger partial charge in [0.05, 0.1) is 17.8 Å². The number of rotatable bonds is 7. The molecule has 0 bridgehead atoms. The van der Waals surface area contributed by atoms with Gasteiger partial charge in [-0.3, -0.25) is 0 Å². The smallest absolute Gasteiger partial charge is 0.128 e. The summed E-state index contributed by atoms with van der Waals surface area (Å²) in [6, 6.07) is 42.7. The SMILES string of the molecule is CCCC[B-](c1ccccc1)(c1ccccc1)c1ccccc1.N#Cc1ccc(C[SH2+])cc1. The van der Waals surface area contributed by atoms with E-state index in [2.05, 4.69) is 117 Å². The molecule has 0 atom stereocenters. The monoisotopic (exact) mass is 449 g/mol. The van der Waals surface area contributed by atoms with Gasteiger partial charge in [-0.25, -0.2) is 0 Å². The van der Waals surface area contributed by atoms with E-state index in [0.717, 1.165) is 5.75 Å². The number of nitrogens with zero attached hydrogens (tertiary/aromatic N) is 1. The van der Waals surface area contributed by atoms with Crippen molar-refractivity contribution in [3.8, 4) is 6.07 Å². The van der Waals surface area contributed by atoms with Crippen molar-refractivity contribution >= 4 is 35.2 Å². The molecule has 0 heterocycles. The maximum absolute atomic E-state index is 8.44. The third-order valence-electron chi connectivity index (χ3n) is 6.38. The second-order valence-electron chi connectivity index (χ2n) is 8.41. The van der Waals surface area contributed by atoms with Gasteiger partial charge in [0.25, 0.3) is 0 Å². The van der Waals surface area contributed by atoms with Crippen molar-refractivity contribution in [2.45, 2.75) is 31.8 Å². The minimum absolute atomic E-state index is 0.712. The van der Waals surface area contributed by atoms with Crippen LogP contribution in [0.25, 0.3) is 0 Å². The summed E-state index contributed by atoms with van der Waals surface area (Å²) in [5.41, 5.74) is 6.23. The number of hydrogen-bond acceptors (Lipinski definition) is 1. The van der Waals surface area contributed by atoms with E-state index in [0.29, 0.717) is 5.56 Å². The van der Waals surface area contributed by atoms with Crippen molar-refractivity contribution in [2.24, 2.45) is 0 Å². The zero-order valence-corrected chi connectivity index (χ0v) is 20.3. The first-order valence-corrected chi connectivity index (χ1v) is 12.4. The third-order valence-corrected chi connectivity index (χ3v) is 6.79. The summed E-state index contributed by atoms with van der Waals surface area (Å²) in [5.74, 6) is 0.839. The first kappa shape index (κ1) is 24.4. The van der Waals surface area contributed by atoms with Crippen molar-refractivity contribution in [1.82, 2.24) is 0 Å². The Labute approximate surface area is 204 Å². The van der Waals surface area contributed by atoms with Gasteiger partial charge in [-0.05, 0) is 24.8 Å². The molecular formula is C30H32BNS. The summed E-state index contributed by atoms with van der Waals surface area (Å²) in [7, 11) is 0. The minimum Gasteiger partial charge on any atom is -0.200 e. The fraction of sp³-hybridized carbons (Fsp3) is 0.167. The Morgan fingerprint density at radius 1 is 0.667 bits per heavy atom. The highest BCUT2D eigenvalue weighted by Crippen LogP contribution is 2.16. The van der Waals surface area contributed by atoms with E-state index in [9.17, 15) is 0 Å². The molecule has 4 aromatic rings. The van der Waals surface area contributed by atoms with Crippen LogP contribution in [0.4, 0.5) is 0 Å². The predicted octanol–water partition coefficient (Wildman–Crippen LogP) is 5.03. The van der Waals surface area contributed by atoms with Gasteiger partial charge in [-0.1, -0.05) is 123 Å². The standard InChI is InChI=1S/C22H24B.C8H7NS/c1-2-3-19-23(20-13-7-4-8-14-20,21-15-9-5-10-16-21)22-17-11-6-12-18-22;9-5-7-1-3-8(6-10)4-2-7/h4-18H,2-3,19H2,1H3;1-4,10H,6H2/q-1;/p+1. The summed E-state index contributed by atoms with van der Waals surface area (Å²) >= 11 is 3.37. The highest BCUT2D eigenvalue weighted by Gasteiger charge is 2.28. The minimum atomic E-state index is -0.913. The highest BCUT2D eigenvalue weighted by atomic mass is 32.1. The van der Waals surface area contributed by atoms with Crippen molar-refractivity contribution in [3.05, 3.63) is 126 Å². The van der Waals surface area contributed by atoms with Crippen LogP contribution in [-0.2, 0) is 18.4 Å². The van der Waals surface area contributed by atoms with Gasteiger partial charge in [0, 0.05) is 5.56 Å². The van der Waals surface area contributed by atoms with Gasteiger partial charge in [0.2, 0.25) is 0 Å². The number of benzene rings is 4. The lowest BCUT2D eigenvalue weighted by Crippen LogP contribution is -2.66. The maximum Gasteiger partial charge on any atom is 0.128 e. The van der Waals surface area contributed by atoms with Gasteiger partial charge in [-0.2, -0.15) is 28.0 Å². The molecule has 0 unspecified atom stereocenters. The molecule has 0 radical (unpaired) electrons. The van der Waals surface area contributed by atoms with E-state index in [1.807, 2.05) is 24.3 Å². The lowest BCUT2D eigenvalue weighted by molar-refractivity contribution is 0.874. The van der Waals surface area contributed by atoms with Crippen LogP contribution in [0.2, 0.25) is 6.32 Å². The van der Waals surface area contributed by atoms with Crippen LogP contribution < -0.4 is 16.4 Å². The largest absolute Gasteiger partial charge is 0.200 e. The maximum atomic E-state index is 8.44. The second-order valence-corrected chi connectivity index (χ2v) is 8.76. The van der Waals surface area contributed by atoms with Crippen molar-refractivity contribution < 1.29 is 0 Å². The summed E-state index contributed by atoms with van der Waals surface area (Å²) < 4.78 is 0. The van der Waals surface area contributed by atoms with Crippen LogP contribution in [0.1, 0.15) is 30.9 Å². The fourth-order valence-corrected chi connectivity index (χ4v) is 4.87. The molecule has 0 aliphatic heterocycles. The van der Waals surface area contributed by atoms with E-state index in [1.54, 1.807) is 0 Å². The highest BCUT2D eigenvalue weighted by molar-refractivity contribution is 7.57. The molecule has 1 nitrogen and oxygen atoms in total. The summed E-state index contributed by atoms with van der Waals surface area (Å²) in [6.07, 6.45) is 2.73. The zero-order valence-electron chi connectivity index (χ0n) is 19.3. The van der Waals surface area contributed by atoms with Gasteiger partial charge in [0.15, 0.2) is 0 Å². The van der Waals surface area contributed by atoms with Gasteiger partial charge in [0.1, 0.15) is 5.75 Å². The molecule has 0 aromatic heterocycles. The van der Waals surface area contributed by atoms with E-state index < -0.39 is 6.15 Å². The van der Waals surface area contributed by atoms with E-state index in [1.165, 1.54) is 41.1 Å². The molecule has 33 heavy (non-hydrogen) atoms. The van der Waals surface area contributed by atoms with Crippen LogP contribution in [0, 0.1) is 11.3 Å². The van der Waals surface area contributed by atoms with Crippen LogP contribution >= 0.6 is 0 Å². The molecule has 0 saturated heterocycles. The zero-order chi connectivity index (χ0) is 23.4. The number of hydrogen-bond donors (Lipinski definition) is 0. The van der Waals surface area contributed by atoms with Crippen LogP contribution in [0.3, 0.4) is 0 Å². The Morgan fingerprint density at radius 3 is 1.42 bits per heavy atom. The van der Waals surface area contributed by atoms with Crippen LogP contribution in [-0.4, -0.2) is 6.15 Å². The average Bonchev–Trinajstić information content (AvgIpc) is 2.91. The molecule has 4 aromatic carbocycles. The predicted molar refractivity (Wildman–Crippen MR) is 149 cm³/mol. The van der Waals surface area contributed by atoms with Crippen LogP contribution in [0.15, 0.2) is 115 Å². The Hall–Kier alpha value is -3.22. The molecule has 0 spiro atoms. The van der Waals surface area contributed by atoms with Crippen LogP contribution in [0.5, 0.6) is 0 Å². The number of unbranched alkanes of at least 4 members (excludes halogenated alkanes) is 1. The summed E-state index contributed by atoms with van der Waals surface area (Å²) in [6.45, 7) is 2.28. The lowest BCUT2D eigenvalue weighted by atomic mass is 9.14. The van der Waals surface area contributed by atoms with Gasteiger partial charge in [-0.15, -0.1) is 0 Å². The molecule has 0 aliphatic carbocycles. The third kappa shape index (κ3) is 6.18. The Bertz CT molecular complexity index is 1020. The molecular weight excluding hydrogens is 417 g/mol. The fourth-order valence-electron chi connectivity index (χ4n) is 4.63. The van der Waals surface area contributed by atoms with E-state index >= 15 is 0 Å². The lowest BCUT2D eigenvalue weighted by Gasteiger charge is -2.43. The molecule has 4 rings (SSSR count). The van der Waals surface area contributed by atoms with E-state index in [4.69, 9.17) is 5.26 Å². The first-order valence-electron chi connectivity index (χ1n) is 11.7. The van der Waals surface area contributed by atoms with Gasteiger partial charge >= 0.3 is 0 Å². The molecule has 0 fully saturated rings. The van der Waals surface area contributed by atoms with Crippen molar-refractivity contribution in [1.29, 1.82) is 5.26 Å². The average molecular weight is 449 g/mol. The molecule has 0 amide bonds. The molecule has 0 N–H and O–H groups in total. The second kappa shape index (κ2) is 12.7. The normalized spacial score (nSPS) is 10.6. The molecule has 3 heteroatoms. The first-order chi connectivity index (χ1) is 16.2. The quantitative estimate of drug-likeness (QED) is 0.287.